The summed E-state index contributed by atoms with van der Waals surface area (Å²) in [5.74, 6) is 2.50. The lowest BCUT2D eigenvalue weighted by Gasteiger charge is -2.29. The molecule has 0 bridgehead atoms. The Morgan fingerprint density at radius 1 is 1.19 bits per heavy atom. The van der Waals surface area contributed by atoms with Gasteiger partial charge in [0.1, 0.15) is 5.75 Å². The van der Waals surface area contributed by atoms with Crippen LogP contribution >= 0.6 is 11.3 Å². The second kappa shape index (κ2) is 7.52. The van der Waals surface area contributed by atoms with Crippen molar-refractivity contribution in [2.24, 2.45) is 5.92 Å². The molecule has 0 atom stereocenters. The van der Waals surface area contributed by atoms with E-state index in [2.05, 4.69) is 17.1 Å². The smallest absolute Gasteiger partial charge is 0.263 e. The third-order valence-corrected chi connectivity index (χ3v) is 5.94. The first-order valence-corrected chi connectivity index (χ1v) is 9.83. The molecular formula is C20H21N3O3S. The Kier molecular flexibility index (Phi) is 4.94. The number of carbonyl (C=O) groups excluding carboxylic acids is 1. The second-order valence-electron chi connectivity index (χ2n) is 6.79. The molecule has 2 aromatic heterocycles. The van der Waals surface area contributed by atoms with Crippen LogP contribution < -0.4 is 4.74 Å². The summed E-state index contributed by atoms with van der Waals surface area (Å²) in [4.78, 5) is 20.6. The molecule has 140 valence electrons. The number of piperidine rings is 1. The first-order chi connectivity index (χ1) is 13.1. The summed E-state index contributed by atoms with van der Waals surface area (Å²) in [5, 5.41) is 4.07. The van der Waals surface area contributed by atoms with E-state index in [4.69, 9.17) is 9.26 Å². The predicted molar refractivity (Wildman–Crippen MR) is 104 cm³/mol. The summed E-state index contributed by atoms with van der Waals surface area (Å²) in [5.41, 5.74) is 0.824. The minimum absolute atomic E-state index is 0.0945. The standard InChI is InChI=1S/C20H21N3O3S/c1-13-9-11-23(12-10-13)20(24)17-8-7-16(27-17)18-21-19(26-22-18)14-3-5-15(25-2)6-4-14/h3-8,13H,9-12H2,1-2H3. The number of aromatic nitrogens is 2. The topological polar surface area (TPSA) is 68.5 Å². The van der Waals surface area contributed by atoms with Crippen molar-refractivity contribution in [1.29, 1.82) is 0 Å². The quantitative estimate of drug-likeness (QED) is 0.670. The van der Waals surface area contributed by atoms with Crippen molar-refractivity contribution in [3.8, 4) is 27.9 Å². The molecule has 1 amide bonds. The van der Waals surface area contributed by atoms with Gasteiger partial charge in [-0.2, -0.15) is 4.98 Å². The van der Waals surface area contributed by atoms with Crippen LogP contribution in [0.1, 0.15) is 29.4 Å². The number of ether oxygens (including phenoxy) is 1. The molecule has 0 aliphatic carbocycles. The van der Waals surface area contributed by atoms with Crippen LogP contribution in [0.2, 0.25) is 0 Å². The lowest BCUT2D eigenvalue weighted by molar-refractivity contribution is 0.0702. The fourth-order valence-corrected chi connectivity index (χ4v) is 4.01. The van der Waals surface area contributed by atoms with Crippen molar-refractivity contribution >= 4 is 17.2 Å². The van der Waals surface area contributed by atoms with Gasteiger partial charge in [-0.1, -0.05) is 12.1 Å². The van der Waals surface area contributed by atoms with Crippen molar-refractivity contribution in [2.75, 3.05) is 20.2 Å². The average molecular weight is 383 g/mol. The molecule has 4 rings (SSSR count). The summed E-state index contributed by atoms with van der Waals surface area (Å²) < 4.78 is 10.5. The SMILES string of the molecule is COc1ccc(-c2nc(-c3ccc(C(=O)N4CCC(C)CC4)s3)no2)cc1. The van der Waals surface area contributed by atoms with Gasteiger partial charge in [0.25, 0.3) is 11.8 Å². The van der Waals surface area contributed by atoms with Crippen LogP contribution in [0.5, 0.6) is 5.75 Å². The van der Waals surface area contributed by atoms with Crippen molar-refractivity contribution < 1.29 is 14.1 Å². The molecule has 0 unspecified atom stereocenters. The molecule has 0 radical (unpaired) electrons. The highest BCUT2D eigenvalue weighted by Gasteiger charge is 2.23. The molecule has 0 saturated carbocycles. The van der Waals surface area contributed by atoms with Crippen molar-refractivity contribution in [3.63, 3.8) is 0 Å². The third-order valence-electron chi connectivity index (χ3n) is 4.87. The van der Waals surface area contributed by atoms with E-state index in [0.717, 1.165) is 47.0 Å². The number of hydrogen-bond donors (Lipinski definition) is 0. The minimum atomic E-state index is 0.0945. The summed E-state index contributed by atoms with van der Waals surface area (Å²) in [7, 11) is 1.62. The van der Waals surface area contributed by atoms with Crippen LogP contribution in [0.4, 0.5) is 0 Å². The zero-order valence-corrected chi connectivity index (χ0v) is 16.2. The average Bonchev–Trinajstić information content (AvgIpc) is 3.38. The van der Waals surface area contributed by atoms with Crippen LogP contribution in [-0.4, -0.2) is 41.1 Å². The molecule has 1 aliphatic heterocycles. The molecule has 6 nitrogen and oxygen atoms in total. The van der Waals surface area contributed by atoms with E-state index in [1.165, 1.54) is 11.3 Å². The van der Waals surface area contributed by atoms with Gasteiger partial charge in [-0.3, -0.25) is 4.79 Å². The second-order valence-corrected chi connectivity index (χ2v) is 7.87. The summed E-state index contributed by atoms with van der Waals surface area (Å²) >= 11 is 1.41. The van der Waals surface area contributed by atoms with Gasteiger partial charge in [-0.15, -0.1) is 11.3 Å². The molecule has 0 spiro atoms. The van der Waals surface area contributed by atoms with Crippen molar-refractivity contribution in [3.05, 3.63) is 41.3 Å². The Labute approximate surface area is 161 Å². The normalized spacial score (nSPS) is 15.1. The third kappa shape index (κ3) is 3.73. The highest BCUT2D eigenvalue weighted by atomic mass is 32.1. The van der Waals surface area contributed by atoms with E-state index in [1.807, 2.05) is 41.3 Å². The van der Waals surface area contributed by atoms with Gasteiger partial charge in [-0.05, 0) is 55.2 Å². The van der Waals surface area contributed by atoms with Crippen LogP contribution in [-0.2, 0) is 0 Å². The van der Waals surface area contributed by atoms with Gasteiger partial charge in [0.15, 0.2) is 0 Å². The molecule has 3 aromatic rings. The largest absolute Gasteiger partial charge is 0.497 e. The number of likely N-dealkylation sites (tertiary alicyclic amines) is 1. The lowest BCUT2D eigenvalue weighted by Crippen LogP contribution is -2.37. The number of rotatable bonds is 4. The van der Waals surface area contributed by atoms with E-state index in [-0.39, 0.29) is 5.91 Å². The Morgan fingerprint density at radius 2 is 1.93 bits per heavy atom. The summed E-state index contributed by atoms with van der Waals surface area (Å²) in [6.45, 7) is 3.90. The number of nitrogens with zero attached hydrogens (tertiary/aromatic N) is 3. The molecular weight excluding hydrogens is 362 g/mol. The Hall–Kier alpha value is -2.67. The first kappa shape index (κ1) is 17.7. The molecule has 1 aliphatic rings. The molecule has 7 heteroatoms. The van der Waals surface area contributed by atoms with E-state index in [1.54, 1.807) is 7.11 Å². The molecule has 0 N–H and O–H groups in total. The summed E-state index contributed by atoms with van der Waals surface area (Å²) in [6, 6.07) is 11.2. The highest BCUT2D eigenvalue weighted by Crippen LogP contribution is 2.30. The Balaban J connectivity index is 1.50. The van der Waals surface area contributed by atoms with Gasteiger partial charge in [-0.25, -0.2) is 0 Å². The summed E-state index contributed by atoms with van der Waals surface area (Å²) in [6.07, 6.45) is 2.14. The lowest BCUT2D eigenvalue weighted by atomic mass is 9.99. The zero-order valence-electron chi connectivity index (χ0n) is 15.3. The van der Waals surface area contributed by atoms with Gasteiger partial charge in [0.05, 0.1) is 16.9 Å². The van der Waals surface area contributed by atoms with Crippen LogP contribution in [0, 0.1) is 5.92 Å². The Bertz CT molecular complexity index is 924. The fraction of sp³-hybridized carbons (Fsp3) is 0.350. The highest BCUT2D eigenvalue weighted by molar-refractivity contribution is 7.17. The molecule has 27 heavy (non-hydrogen) atoms. The maximum absolute atomic E-state index is 12.7. The predicted octanol–water partition coefficient (Wildman–Crippen LogP) is 4.35. The molecule has 1 fully saturated rings. The number of thiophene rings is 1. The number of methoxy groups -OCH3 is 1. The zero-order chi connectivity index (χ0) is 18.8. The van der Waals surface area contributed by atoms with Gasteiger partial charge in [0.2, 0.25) is 5.82 Å². The first-order valence-electron chi connectivity index (χ1n) is 9.01. The molecule has 1 saturated heterocycles. The maximum Gasteiger partial charge on any atom is 0.263 e. The van der Waals surface area contributed by atoms with Crippen molar-refractivity contribution in [2.45, 2.75) is 19.8 Å². The van der Waals surface area contributed by atoms with Gasteiger partial charge in [0, 0.05) is 18.7 Å². The van der Waals surface area contributed by atoms with E-state index >= 15 is 0 Å². The maximum atomic E-state index is 12.7. The van der Waals surface area contributed by atoms with Gasteiger partial charge >= 0.3 is 0 Å². The Morgan fingerprint density at radius 3 is 2.63 bits per heavy atom. The van der Waals surface area contributed by atoms with Crippen LogP contribution in [0.25, 0.3) is 22.2 Å². The van der Waals surface area contributed by atoms with E-state index in [0.29, 0.717) is 17.6 Å². The fourth-order valence-electron chi connectivity index (χ4n) is 3.11. The molecule has 3 heterocycles. The number of amides is 1. The monoisotopic (exact) mass is 383 g/mol. The van der Waals surface area contributed by atoms with Crippen LogP contribution in [0.3, 0.4) is 0 Å². The molecule has 1 aromatic carbocycles. The van der Waals surface area contributed by atoms with Gasteiger partial charge < -0.3 is 14.2 Å². The van der Waals surface area contributed by atoms with E-state index in [9.17, 15) is 4.79 Å². The van der Waals surface area contributed by atoms with Crippen LogP contribution in [0.15, 0.2) is 40.9 Å². The number of benzene rings is 1. The number of hydrogen-bond acceptors (Lipinski definition) is 6. The number of carbonyl (C=O) groups is 1. The van der Waals surface area contributed by atoms with Crippen molar-refractivity contribution in [1.82, 2.24) is 15.0 Å². The van der Waals surface area contributed by atoms with E-state index < -0.39 is 0 Å². The minimum Gasteiger partial charge on any atom is -0.497 e.